The highest BCUT2D eigenvalue weighted by atomic mass is 16.6. The second-order valence-electron chi connectivity index (χ2n) is 6.26. The number of ether oxygens (including phenoxy) is 2. The van der Waals surface area contributed by atoms with Gasteiger partial charge in [-0.15, -0.1) is 0 Å². The summed E-state index contributed by atoms with van der Waals surface area (Å²) in [6.07, 6.45) is 0.132. The zero-order valence-corrected chi connectivity index (χ0v) is 15.6. The summed E-state index contributed by atoms with van der Waals surface area (Å²) < 4.78 is 9.78. The van der Waals surface area contributed by atoms with E-state index in [4.69, 9.17) is 9.47 Å². The highest BCUT2D eigenvalue weighted by Crippen LogP contribution is 2.16. The number of esters is 2. The molecule has 0 unspecified atom stereocenters. The van der Waals surface area contributed by atoms with Crippen LogP contribution in [-0.2, 0) is 23.9 Å². The summed E-state index contributed by atoms with van der Waals surface area (Å²) in [4.78, 5) is 39.1. The zero-order valence-electron chi connectivity index (χ0n) is 15.6. The van der Waals surface area contributed by atoms with Crippen molar-refractivity contribution in [1.29, 1.82) is 0 Å². The van der Waals surface area contributed by atoms with Crippen LogP contribution in [0.3, 0.4) is 0 Å². The van der Waals surface area contributed by atoms with E-state index >= 15 is 0 Å². The summed E-state index contributed by atoms with van der Waals surface area (Å²) in [7, 11) is 0. The maximum Gasteiger partial charge on any atom is 0.333 e. The number of hydrogen-bond donors (Lipinski definition) is 0. The maximum absolute atomic E-state index is 12.3. The van der Waals surface area contributed by atoms with Crippen molar-refractivity contribution in [1.82, 2.24) is 4.90 Å². The number of piperazine rings is 1. The molecule has 1 amide bonds. The van der Waals surface area contributed by atoms with Gasteiger partial charge >= 0.3 is 11.9 Å². The van der Waals surface area contributed by atoms with Crippen molar-refractivity contribution in [3.63, 3.8) is 0 Å². The number of anilines is 1. The smallest absolute Gasteiger partial charge is 0.333 e. The van der Waals surface area contributed by atoms with Crippen LogP contribution in [0.25, 0.3) is 0 Å². The lowest BCUT2D eigenvalue weighted by Gasteiger charge is -2.36. The summed E-state index contributed by atoms with van der Waals surface area (Å²) in [5, 5.41) is 0. The number of carbonyl (C=O) groups excluding carboxylic acids is 3. The van der Waals surface area contributed by atoms with Crippen LogP contribution in [0.4, 0.5) is 5.69 Å². The quantitative estimate of drug-likeness (QED) is 0.391. The molecular formula is C20H25N2O5. The lowest BCUT2D eigenvalue weighted by atomic mass is 10.2. The molecule has 27 heavy (non-hydrogen) atoms. The van der Waals surface area contributed by atoms with E-state index in [9.17, 15) is 14.4 Å². The molecule has 1 fully saturated rings. The monoisotopic (exact) mass is 373 g/mol. The lowest BCUT2D eigenvalue weighted by molar-refractivity contribution is -0.151. The molecule has 1 aromatic rings. The largest absolute Gasteiger partial charge is 0.462 e. The molecule has 1 saturated heterocycles. The minimum atomic E-state index is -0.519. The molecule has 2 rings (SSSR count). The standard InChI is InChI=1S/C20H25N2O5/c1-16(2)20(25)27-15-14-26-19(24)9-8-18(23)22-12-10-21(11-13-22)17-6-4-3-5-7-17/h4-7H,1,8-15H2,2H3. The van der Waals surface area contributed by atoms with Gasteiger partial charge in [0.05, 0.1) is 6.42 Å². The van der Waals surface area contributed by atoms with Crippen LogP contribution in [0, 0.1) is 6.07 Å². The molecule has 7 heteroatoms. The number of benzene rings is 1. The number of hydrogen-bond acceptors (Lipinski definition) is 6. The summed E-state index contributed by atoms with van der Waals surface area (Å²) >= 11 is 0. The van der Waals surface area contributed by atoms with Gasteiger partial charge in [-0.1, -0.05) is 18.7 Å². The second kappa shape index (κ2) is 10.4. The van der Waals surface area contributed by atoms with E-state index in [1.807, 2.05) is 24.3 Å². The van der Waals surface area contributed by atoms with Crippen molar-refractivity contribution in [2.75, 3.05) is 44.3 Å². The third kappa shape index (κ3) is 6.77. The molecule has 0 spiro atoms. The van der Waals surface area contributed by atoms with Crippen molar-refractivity contribution in [3.8, 4) is 0 Å². The highest BCUT2D eigenvalue weighted by molar-refractivity contribution is 5.87. The van der Waals surface area contributed by atoms with Gasteiger partial charge in [0, 0.05) is 43.9 Å². The van der Waals surface area contributed by atoms with E-state index in [1.165, 1.54) is 6.92 Å². The van der Waals surface area contributed by atoms with E-state index in [1.54, 1.807) is 4.90 Å². The maximum atomic E-state index is 12.3. The van der Waals surface area contributed by atoms with Gasteiger partial charge in [0.2, 0.25) is 5.91 Å². The van der Waals surface area contributed by atoms with Crippen LogP contribution in [0.5, 0.6) is 0 Å². The van der Waals surface area contributed by atoms with Crippen LogP contribution >= 0.6 is 0 Å². The molecular weight excluding hydrogens is 348 g/mol. The van der Waals surface area contributed by atoms with E-state index < -0.39 is 11.9 Å². The normalized spacial score (nSPS) is 13.8. The summed E-state index contributed by atoms with van der Waals surface area (Å²) in [5.74, 6) is -1.05. The van der Waals surface area contributed by atoms with Gasteiger partial charge < -0.3 is 19.3 Å². The molecule has 0 atom stereocenters. The van der Waals surface area contributed by atoms with Gasteiger partial charge in [0.1, 0.15) is 13.2 Å². The second-order valence-corrected chi connectivity index (χ2v) is 6.26. The van der Waals surface area contributed by atoms with Gasteiger partial charge in [-0.05, 0) is 25.1 Å². The van der Waals surface area contributed by atoms with Crippen molar-refractivity contribution < 1.29 is 23.9 Å². The van der Waals surface area contributed by atoms with Crippen LogP contribution < -0.4 is 4.90 Å². The third-order valence-corrected chi connectivity index (χ3v) is 4.17. The fraction of sp³-hybridized carbons (Fsp3) is 0.450. The fourth-order valence-electron chi connectivity index (χ4n) is 2.66. The molecule has 0 aromatic heterocycles. The zero-order chi connectivity index (χ0) is 19.6. The first-order valence-corrected chi connectivity index (χ1v) is 8.94. The summed E-state index contributed by atoms with van der Waals surface area (Å²) in [6.45, 7) is 7.72. The van der Waals surface area contributed by atoms with Crippen molar-refractivity contribution in [2.45, 2.75) is 19.8 Å². The molecule has 0 aliphatic carbocycles. The van der Waals surface area contributed by atoms with Gasteiger partial charge in [-0.3, -0.25) is 9.59 Å². The molecule has 0 saturated carbocycles. The average Bonchev–Trinajstić information content (AvgIpc) is 2.70. The van der Waals surface area contributed by atoms with Crippen LogP contribution in [0.2, 0.25) is 0 Å². The van der Waals surface area contributed by atoms with Gasteiger partial charge in [0.15, 0.2) is 0 Å². The first-order chi connectivity index (χ1) is 13.0. The predicted molar refractivity (Wildman–Crippen MR) is 100 cm³/mol. The Kier molecular flexibility index (Phi) is 7.85. The van der Waals surface area contributed by atoms with Crippen molar-refractivity contribution >= 4 is 23.5 Å². The van der Waals surface area contributed by atoms with E-state index in [2.05, 4.69) is 17.5 Å². The van der Waals surface area contributed by atoms with Gasteiger partial charge in [-0.25, -0.2) is 4.79 Å². The molecule has 7 nitrogen and oxygen atoms in total. The summed E-state index contributed by atoms with van der Waals surface area (Å²) in [5.41, 5.74) is 1.41. The van der Waals surface area contributed by atoms with Crippen LogP contribution in [0.15, 0.2) is 36.4 Å². The SMILES string of the molecule is C=C(C)C(=O)OCCOC(=O)CCC(=O)N1CCN(c2cc[c]cc2)CC1. The highest BCUT2D eigenvalue weighted by Gasteiger charge is 2.21. The molecule has 0 N–H and O–H groups in total. The Labute approximate surface area is 159 Å². The predicted octanol–water partition coefficient (Wildman–Crippen LogP) is 1.58. The Hall–Kier alpha value is -2.83. The summed E-state index contributed by atoms with van der Waals surface area (Å²) in [6, 6.07) is 10.7. The Morgan fingerprint density at radius 1 is 1.04 bits per heavy atom. The topological polar surface area (TPSA) is 76.1 Å². The molecule has 1 heterocycles. The molecule has 1 aliphatic rings. The third-order valence-electron chi connectivity index (χ3n) is 4.17. The molecule has 0 bridgehead atoms. The Bertz CT molecular complexity index is 666. The first-order valence-electron chi connectivity index (χ1n) is 8.94. The number of amides is 1. The average molecular weight is 373 g/mol. The Balaban J connectivity index is 1.61. The van der Waals surface area contributed by atoms with Crippen LogP contribution in [0.1, 0.15) is 19.8 Å². The Morgan fingerprint density at radius 2 is 1.67 bits per heavy atom. The fourth-order valence-corrected chi connectivity index (χ4v) is 2.66. The Morgan fingerprint density at radius 3 is 2.30 bits per heavy atom. The van der Waals surface area contributed by atoms with Gasteiger partial charge in [-0.2, -0.15) is 0 Å². The van der Waals surface area contributed by atoms with E-state index in [-0.39, 0.29) is 37.5 Å². The number of rotatable bonds is 8. The molecule has 1 aliphatic heterocycles. The lowest BCUT2D eigenvalue weighted by Crippen LogP contribution is -2.48. The van der Waals surface area contributed by atoms with E-state index in [0.29, 0.717) is 13.1 Å². The van der Waals surface area contributed by atoms with Crippen molar-refractivity contribution in [3.05, 3.63) is 42.5 Å². The number of nitrogens with zero attached hydrogens (tertiary/aromatic N) is 2. The number of carbonyl (C=O) groups is 3. The minimum absolute atomic E-state index is 0.0159. The first kappa shape index (κ1) is 20.5. The van der Waals surface area contributed by atoms with Crippen LogP contribution in [-0.4, -0.2) is 62.1 Å². The minimum Gasteiger partial charge on any atom is -0.462 e. The molecule has 1 radical (unpaired) electrons. The molecule has 145 valence electrons. The van der Waals surface area contributed by atoms with Gasteiger partial charge in [0.25, 0.3) is 0 Å². The van der Waals surface area contributed by atoms with Crippen molar-refractivity contribution in [2.24, 2.45) is 0 Å². The molecule has 1 aromatic carbocycles. The van der Waals surface area contributed by atoms with E-state index in [0.717, 1.165) is 18.8 Å².